The Kier molecular flexibility index (Phi) is 4.08. The van der Waals surface area contributed by atoms with Crippen molar-refractivity contribution in [2.75, 3.05) is 19.8 Å². The minimum absolute atomic E-state index is 0.159. The van der Waals surface area contributed by atoms with Gasteiger partial charge in [0.2, 0.25) is 0 Å². The summed E-state index contributed by atoms with van der Waals surface area (Å²) in [6.07, 6.45) is 2.97. The maximum atomic E-state index is 10.8. The van der Waals surface area contributed by atoms with E-state index in [1.807, 2.05) is 6.92 Å². The molecule has 1 rings (SSSR count). The van der Waals surface area contributed by atoms with Crippen LogP contribution in [0.5, 0.6) is 0 Å². The molecule has 3 heteroatoms. The average Bonchev–Trinajstić information content (AvgIpc) is 2.82. The van der Waals surface area contributed by atoms with Crippen molar-refractivity contribution in [2.24, 2.45) is 5.92 Å². The van der Waals surface area contributed by atoms with Gasteiger partial charge in [-0.3, -0.25) is 4.79 Å². The van der Waals surface area contributed by atoms with E-state index in [0.29, 0.717) is 19.6 Å². The van der Waals surface area contributed by atoms with Crippen LogP contribution in [0.3, 0.4) is 0 Å². The maximum Gasteiger partial charge on any atom is 0.308 e. The molecule has 70 valence electrons. The molecule has 0 amide bonds. The standard InChI is InChI=1S/C9H16O3/c1-2-12-9(10)5-6-11-7-8-3-4-8/h8H,2-7H2,1H3. The predicted octanol–water partition coefficient (Wildman–Crippen LogP) is 1.37. The first-order valence-electron chi connectivity index (χ1n) is 4.56. The van der Waals surface area contributed by atoms with Crippen molar-refractivity contribution >= 4 is 5.97 Å². The van der Waals surface area contributed by atoms with Crippen LogP contribution in [-0.4, -0.2) is 25.8 Å². The zero-order valence-electron chi connectivity index (χ0n) is 7.54. The van der Waals surface area contributed by atoms with Crippen molar-refractivity contribution < 1.29 is 14.3 Å². The summed E-state index contributed by atoms with van der Waals surface area (Å²) in [4.78, 5) is 10.8. The Morgan fingerprint density at radius 3 is 2.83 bits per heavy atom. The quantitative estimate of drug-likeness (QED) is 0.448. The van der Waals surface area contributed by atoms with E-state index in [1.54, 1.807) is 0 Å². The molecule has 0 aromatic carbocycles. The van der Waals surface area contributed by atoms with Gasteiger partial charge in [-0.25, -0.2) is 0 Å². The van der Waals surface area contributed by atoms with Crippen LogP contribution in [0.25, 0.3) is 0 Å². The molecule has 0 N–H and O–H groups in total. The summed E-state index contributed by atoms with van der Waals surface area (Å²) in [5.74, 6) is 0.612. The molecular formula is C9H16O3. The van der Waals surface area contributed by atoms with E-state index >= 15 is 0 Å². The normalized spacial score (nSPS) is 16.1. The summed E-state index contributed by atoms with van der Waals surface area (Å²) in [5, 5.41) is 0. The van der Waals surface area contributed by atoms with Crippen LogP contribution >= 0.6 is 0 Å². The van der Waals surface area contributed by atoms with Crippen LogP contribution in [0.2, 0.25) is 0 Å². The Morgan fingerprint density at radius 2 is 2.25 bits per heavy atom. The molecule has 1 saturated carbocycles. The Bertz CT molecular complexity index is 141. The average molecular weight is 172 g/mol. The zero-order valence-corrected chi connectivity index (χ0v) is 7.54. The fraction of sp³-hybridized carbons (Fsp3) is 0.889. The van der Waals surface area contributed by atoms with Crippen LogP contribution in [0.4, 0.5) is 0 Å². The van der Waals surface area contributed by atoms with Crippen molar-refractivity contribution in [3.8, 4) is 0 Å². The van der Waals surface area contributed by atoms with Crippen LogP contribution in [0.1, 0.15) is 26.2 Å². The molecule has 0 aromatic heterocycles. The van der Waals surface area contributed by atoms with Crippen molar-refractivity contribution in [3.63, 3.8) is 0 Å². The molecule has 0 aliphatic heterocycles. The van der Waals surface area contributed by atoms with Crippen molar-refractivity contribution in [3.05, 3.63) is 0 Å². The predicted molar refractivity (Wildman–Crippen MR) is 44.8 cm³/mol. The molecule has 12 heavy (non-hydrogen) atoms. The third-order valence-corrected chi connectivity index (χ3v) is 1.81. The van der Waals surface area contributed by atoms with Gasteiger partial charge < -0.3 is 9.47 Å². The summed E-state index contributed by atoms with van der Waals surface area (Å²) < 4.78 is 10.0. The molecule has 0 saturated heterocycles. The molecule has 1 aliphatic rings. The van der Waals surface area contributed by atoms with Gasteiger partial charge in [0.1, 0.15) is 0 Å². The number of carbonyl (C=O) groups is 1. The van der Waals surface area contributed by atoms with Crippen molar-refractivity contribution in [1.29, 1.82) is 0 Å². The van der Waals surface area contributed by atoms with Gasteiger partial charge >= 0.3 is 5.97 Å². The van der Waals surface area contributed by atoms with Gasteiger partial charge in [-0.2, -0.15) is 0 Å². The Balaban J connectivity index is 1.83. The second-order valence-electron chi connectivity index (χ2n) is 3.07. The van der Waals surface area contributed by atoms with Crippen molar-refractivity contribution in [1.82, 2.24) is 0 Å². The first-order valence-corrected chi connectivity index (χ1v) is 4.56. The minimum atomic E-state index is -0.159. The van der Waals surface area contributed by atoms with Gasteiger partial charge in [0.05, 0.1) is 19.6 Å². The van der Waals surface area contributed by atoms with Crippen molar-refractivity contribution in [2.45, 2.75) is 26.2 Å². The lowest BCUT2D eigenvalue weighted by Gasteiger charge is -2.02. The highest BCUT2D eigenvalue weighted by Gasteiger charge is 2.21. The molecule has 0 atom stereocenters. The van der Waals surface area contributed by atoms with Gasteiger partial charge in [0, 0.05) is 6.61 Å². The third kappa shape index (κ3) is 4.34. The number of ether oxygens (including phenoxy) is 2. The van der Waals surface area contributed by atoms with Crippen LogP contribution in [0.15, 0.2) is 0 Å². The Hall–Kier alpha value is -0.570. The van der Waals surface area contributed by atoms with E-state index in [2.05, 4.69) is 0 Å². The summed E-state index contributed by atoms with van der Waals surface area (Å²) >= 11 is 0. The second-order valence-corrected chi connectivity index (χ2v) is 3.07. The highest BCUT2D eigenvalue weighted by atomic mass is 16.5. The second kappa shape index (κ2) is 5.14. The van der Waals surface area contributed by atoms with Gasteiger partial charge in [-0.05, 0) is 25.7 Å². The molecule has 0 spiro atoms. The maximum absolute atomic E-state index is 10.8. The first-order chi connectivity index (χ1) is 5.83. The number of esters is 1. The monoisotopic (exact) mass is 172 g/mol. The molecule has 0 bridgehead atoms. The molecule has 0 unspecified atom stereocenters. The minimum Gasteiger partial charge on any atom is -0.466 e. The van der Waals surface area contributed by atoms with E-state index < -0.39 is 0 Å². The number of hydrogen-bond donors (Lipinski definition) is 0. The lowest BCUT2D eigenvalue weighted by Crippen LogP contribution is -2.08. The Labute approximate surface area is 73.0 Å². The van der Waals surface area contributed by atoms with Crippen LogP contribution < -0.4 is 0 Å². The van der Waals surface area contributed by atoms with Gasteiger partial charge in [0.25, 0.3) is 0 Å². The van der Waals surface area contributed by atoms with E-state index in [1.165, 1.54) is 12.8 Å². The molecule has 0 heterocycles. The van der Waals surface area contributed by atoms with Crippen LogP contribution in [0, 0.1) is 5.92 Å². The lowest BCUT2D eigenvalue weighted by molar-refractivity contribution is -0.144. The summed E-state index contributed by atoms with van der Waals surface area (Å²) in [7, 11) is 0. The third-order valence-electron chi connectivity index (χ3n) is 1.81. The van der Waals surface area contributed by atoms with Gasteiger partial charge in [-0.15, -0.1) is 0 Å². The van der Waals surface area contributed by atoms with E-state index in [0.717, 1.165) is 12.5 Å². The molecular weight excluding hydrogens is 156 g/mol. The summed E-state index contributed by atoms with van der Waals surface area (Å²) in [5.41, 5.74) is 0. The Morgan fingerprint density at radius 1 is 1.50 bits per heavy atom. The molecule has 1 fully saturated rings. The molecule has 0 aromatic rings. The molecule has 3 nitrogen and oxygen atoms in total. The van der Waals surface area contributed by atoms with Gasteiger partial charge in [0.15, 0.2) is 0 Å². The first kappa shape index (κ1) is 9.52. The number of carbonyl (C=O) groups excluding carboxylic acids is 1. The van der Waals surface area contributed by atoms with E-state index in [9.17, 15) is 4.79 Å². The fourth-order valence-electron chi connectivity index (χ4n) is 0.923. The highest BCUT2D eigenvalue weighted by Crippen LogP contribution is 2.28. The largest absolute Gasteiger partial charge is 0.466 e. The summed E-state index contributed by atoms with van der Waals surface area (Å²) in [6.45, 7) is 3.60. The number of hydrogen-bond acceptors (Lipinski definition) is 3. The smallest absolute Gasteiger partial charge is 0.308 e. The topological polar surface area (TPSA) is 35.5 Å². The van der Waals surface area contributed by atoms with Gasteiger partial charge in [-0.1, -0.05) is 0 Å². The SMILES string of the molecule is CCOC(=O)CCOCC1CC1. The van der Waals surface area contributed by atoms with Crippen LogP contribution in [-0.2, 0) is 14.3 Å². The summed E-state index contributed by atoms with van der Waals surface area (Å²) in [6, 6.07) is 0. The molecule has 1 aliphatic carbocycles. The fourth-order valence-corrected chi connectivity index (χ4v) is 0.923. The number of rotatable bonds is 6. The molecule has 0 radical (unpaired) electrons. The lowest BCUT2D eigenvalue weighted by atomic mass is 10.4. The highest BCUT2D eigenvalue weighted by molar-refractivity contribution is 5.69. The van der Waals surface area contributed by atoms with E-state index in [-0.39, 0.29) is 5.97 Å². The van der Waals surface area contributed by atoms with E-state index in [4.69, 9.17) is 9.47 Å². The zero-order chi connectivity index (χ0) is 8.81.